The number of nitrogen functional groups attached to an aromatic ring is 1. The minimum absolute atomic E-state index is 0.169. The van der Waals surface area contributed by atoms with Crippen molar-refractivity contribution in [1.82, 2.24) is 4.98 Å². The van der Waals surface area contributed by atoms with Crippen molar-refractivity contribution in [2.24, 2.45) is 0 Å². The third-order valence-corrected chi connectivity index (χ3v) is 3.76. The third kappa shape index (κ3) is 2.40. The van der Waals surface area contributed by atoms with Crippen LogP contribution in [0.3, 0.4) is 0 Å². The van der Waals surface area contributed by atoms with Gasteiger partial charge in [0.25, 0.3) is 0 Å². The van der Waals surface area contributed by atoms with E-state index in [1.807, 2.05) is 12.1 Å². The topological polar surface area (TPSA) is 38.9 Å². The van der Waals surface area contributed by atoms with Gasteiger partial charge in [0, 0.05) is 22.2 Å². The van der Waals surface area contributed by atoms with Gasteiger partial charge in [-0.2, -0.15) is 0 Å². The summed E-state index contributed by atoms with van der Waals surface area (Å²) in [4.78, 5) is 4.35. The molecule has 1 aromatic heterocycles. The molecule has 3 rings (SSSR count). The first-order valence-electron chi connectivity index (χ1n) is 5.90. The molecule has 0 fully saturated rings. The maximum absolute atomic E-state index is 13.7. The van der Waals surface area contributed by atoms with Crippen molar-refractivity contribution in [3.8, 4) is 21.8 Å². The molecule has 0 bridgehead atoms. The maximum Gasteiger partial charge on any atom is 0.132 e. The smallest absolute Gasteiger partial charge is 0.132 e. The molecule has 0 atom stereocenters. The number of rotatable bonds is 2. The van der Waals surface area contributed by atoms with Crippen LogP contribution in [0.5, 0.6) is 0 Å². The van der Waals surface area contributed by atoms with Crippen molar-refractivity contribution in [3.05, 3.63) is 59.5 Å². The highest BCUT2D eigenvalue weighted by Gasteiger charge is 2.11. The SMILES string of the molecule is Nc1ccc(-c2nc(-c3cc(F)ccc3F)cs2)cc1. The van der Waals surface area contributed by atoms with E-state index in [0.717, 1.165) is 28.8 Å². The molecule has 0 aliphatic rings. The second kappa shape index (κ2) is 5.02. The van der Waals surface area contributed by atoms with E-state index in [1.165, 1.54) is 11.3 Å². The van der Waals surface area contributed by atoms with Crippen LogP contribution in [0.2, 0.25) is 0 Å². The molecular formula is C15H10F2N2S. The lowest BCUT2D eigenvalue weighted by molar-refractivity contribution is 0.603. The zero-order chi connectivity index (χ0) is 14.1. The predicted molar refractivity (Wildman–Crippen MR) is 77.3 cm³/mol. The number of halogens is 2. The molecule has 1 heterocycles. The van der Waals surface area contributed by atoms with Gasteiger partial charge in [-0.15, -0.1) is 11.3 Å². The Balaban J connectivity index is 2.01. The Hall–Kier alpha value is -2.27. The molecule has 2 aromatic carbocycles. The number of nitrogens with two attached hydrogens (primary N) is 1. The van der Waals surface area contributed by atoms with Crippen LogP contribution in [0.4, 0.5) is 14.5 Å². The molecule has 0 amide bonds. The average Bonchev–Trinajstić information content (AvgIpc) is 2.92. The fourth-order valence-electron chi connectivity index (χ4n) is 1.85. The lowest BCUT2D eigenvalue weighted by Gasteiger charge is -2.00. The molecule has 0 spiro atoms. The summed E-state index contributed by atoms with van der Waals surface area (Å²) in [6, 6.07) is 10.6. The van der Waals surface area contributed by atoms with E-state index >= 15 is 0 Å². The molecule has 0 aliphatic carbocycles. The van der Waals surface area contributed by atoms with E-state index in [4.69, 9.17) is 5.73 Å². The zero-order valence-corrected chi connectivity index (χ0v) is 11.1. The van der Waals surface area contributed by atoms with Gasteiger partial charge in [-0.3, -0.25) is 0 Å². The molecule has 5 heteroatoms. The maximum atomic E-state index is 13.7. The first-order valence-corrected chi connectivity index (χ1v) is 6.78. The fraction of sp³-hybridized carbons (Fsp3) is 0. The van der Waals surface area contributed by atoms with Crippen LogP contribution in [0.1, 0.15) is 0 Å². The van der Waals surface area contributed by atoms with Crippen molar-refractivity contribution in [1.29, 1.82) is 0 Å². The minimum Gasteiger partial charge on any atom is -0.399 e. The molecule has 2 nitrogen and oxygen atoms in total. The van der Waals surface area contributed by atoms with Gasteiger partial charge in [-0.1, -0.05) is 0 Å². The van der Waals surface area contributed by atoms with Gasteiger partial charge in [-0.05, 0) is 42.5 Å². The van der Waals surface area contributed by atoms with Crippen LogP contribution in [0.25, 0.3) is 21.8 Å². The van der Waals surface area contributed by atoms with E-state index in [0.29, 0.717) is 11.4 Å². The second-order valence-corrected chi connectivity index (χ2v) is 5.14. The van der Waals surface area contributed by atoms with Gasteiger partial charge in [0.05, 0.1) is 5.69 Å². The minimum atomic E-state index is -0.486. The predicted octanol–water partition coefficient (Wildman–Crippen LogP) is 4.34. The Labute approximate surface area is 118 Å². The summed E-state index contributed by atoms with van der Waals surface area (Å²) in [7, 11) is 0. The van der Waals surface area contributed by atoms with E-state index in [-0.39, 0.29) is 5.56 Å². The summed E-state index contributed by atoms with van der Waals surface area (Å²) in [5.41, 5.74) is 7.79. The molecule has 0 unspecified atom stereocenters. The Morgan fingerprint density at radius 1 is 1.00 bits per heavy atom. The molecule has 100 valence electrons. The van der Waals surface area contributed by atoms with E-state index in [2.05, 4.69) is 4.98 Å². The molecule has 0 saturated heterocycles. The van der Waals surface area contributed by atoms with Crippen LogP contribution < -0.4 is 5.73 Å². The van der Waals surface area contributed by atoms with Crippen molar-refractivity contribution in [3.63, 3.8) is 0 Å². The highest BCUT2D eigenvalue weighted by atomic mass is 32.1. The Kier molecular flexibility index (Phi) is 3.20. The van der Waals surface area contributed by atoms with E-state index < -0.39 is 11.6 Å². The van der Waals surface area contributed by atoms with Crippen molar-refractivity contribution in [2.75, 3.05) is 5.73 Å². The van der Waals surface area contributed by atoms with Gasteiger partial charge in [0.1, 0.15) is 16.6 Å². The number of anilines is 1. The summed E-state index contributed by atoms with van der Waals surface area (Å²) in [5.74, 6) is -0.969. The lowest BCUT2D eigenvalue weighted by atomic mass is 10.1. The Morgan fingerprint density at radius 3 is 2.50 bits per heavy atom. The summed E-state index contributed by atoms with van der Waals surface area (Å²) in [5, 5.41) is 2.45. The molecule has 3 aromatic rings. The van der Waals surface area contributed by atoms with Crippen LogP contribution >= 0.6 is 11.3 Å². The summed E-state index contributed by atoms with van der Waals surface area (Å²) >= 11 is 1.38. The fourth-order valence-corrected chi connectivity index (χ4v) is 2.68. The first kappa shape index (κ1) is 12.7. The van der Waals surface area contributed by atoms with Gasteiger partial charge >= 0.3 is 0 Å². The number of hydrogen-bond acceptors (Lipinski definition) is 3. The molecule has 0 aliphatic heterocycles. The monoisotopic (exact) mass is 288 g/mol. The number of aromatic nitrogens is 1. The highest BCUT2D eigenvalue weighted by Crippen LogP contribution is 2.30. The van der Waals surface area contributed by atoms with E-state index in [1.54, 1.807) is 17.5 Å². The zero-order valence-electron chi connectivity index (χ0n) is 10.3. The van der Waals surface area contributed by atoms with Crippen molar-refractivity contribution >= 4 is 17.0 Å². The van der Waals surface area contributed by atoms with Crippen LogP contribution in [0.15, 0.2) is 47.8 Å². The van der Waals surface area contributed by atoms with E-state index in [9.17, 15) is 8.78 Å². The van der Waals surface area contributed by atoms with Crippen LogP contribution in [0, 0.1) is 11.6 Å². The molecule has 0 saturated carbocycles. The largest absolute Gasteiger partial charge is 0.399 e. The Morgan fingerprint density at radius 2 is 1.75 bits per heavy atom. The summed E-state index contributed by atoms with van der Waals surface area (Å²) in [6.07, 6.45) is 0. The van der Waals surface area contributed by atoms with Crippen molar-refractivity contribution in [2.45, 2.75) is 0 Å². The van der Waals surface area contributed by atoms with Gasteiger partial charge in [-0.25, -0.2) is 13.8 Å². The normalized spacial score (nSPS) is 10.7. The molecule has 20 heavy (non-hydrogen) atoms. The number of nitrogens with zero attached hydrogens (tertiary/aromatic N) is 1. The van der Waals surface area contributed by atoms with Gasteiger partial charge in [0.2, 0.25) is 0 Å². The number of benzene rings is 2. The average molecular weight is 288 g/mol. The van der Waals surface area contributed by atoms with Crippen LogP contribution in [-0.4, -0.2) is 4.98 Å². The Bertz CT molecular complexity index is 751. The van der Waals surface area contributed by atoms with Gasteiger partial charge in [0.15, 0.2) is 0 Å². The lowest BCUT2D eigenvalue weighted by Crippen LogP contribution is -1.87. The second-order valence-electron chi connectivity index (χ2n) is 4.28. The third-order valence-electron chi connectivity index (χ3n) is 2.87. The van der Waals surface area contributed by atoms with Gasteiger partial charge < -0.3 is 5.73 Å². The standard InChI is InChI=1S/C15H10F2N2S/c16-10-3-6-13(17)12(7-10)14-8-20-15(19-14)9-1-4-11(18)5-2-9/h1-8H,18H2. The number of thiazole rings is 1. The molecule has 2 N–H and O–H groups in total. The first-order chi connectivity index (χ1) is 9.63. The summed E-state index contributed by atoms with van der Waals surface area (Å²) in [6.45, 7) is 0. The molecular weight excluding hydrogens is 278 g/mol. The number of hydrogen-bond donors (Lipinski definition) is 1. The molecule has 0 radical (unpaired) electrons. The van der Waals surface area contributed by atoms with Crippen molar-refractivity contribution < 1.29 is 8.78 Å². The quantitative estimate of drug-likeness (QED) is 0.712. The van der Waals surface area contributed by atoms with Crippen LogP contribution in [-0.2, 0) is 0 Å². The summed E-state index contributed by atoms with van der Waals surface area (Å²) < 4.78 is 26.9. The highest BCUT2D eigenvalue weighted by molar-refractivity contribution is 7.13.